The molecule has 0 saturated heterocycles. The van der Waals surface area contributed by atoms with Crippen molar-refractivity contribution in [1.29, 1.82) is 5.53 Å². The van der Waals surface area contributed by atoms with Crippen molar-refractivity contribution < 1.29 is 13.9 Å². The number of hydrogen-bond donors (Lipinski definition) is 1. The molecule has 0 atom stereocenters. The molecule has 0 aliphatic rings. The Hall–Kier alpha value is -3.02. The van der Waals surface area contributed by atoms with Gasteiger partial charge in [-0.3, -0.25) is 0 Å². The summed E-state index contributed by atoms with van der Waals surface area (Å²) in [6.07, 6.45) is 3.52. The van der Waals surface area contributed by atoms with Gasteiger partial charge in [0.15, 0.2) is 0 Å². The normalized spacial score (nSPS) is 10.8. The summed E-state index contributed by atoms with van der Waals surface area (Å²) in [7, 11) is 0. The van der Waals surface area contributed by atoms with Crippen molar-refractivity contribution in [2.45, 2.75) is 13.5 Å². The average molecular weight is 325 g/mol. The Balaban J connectivity index is 2.22. The lowest BCUT2D eigenvalue weighted by Gasteiger charge is -2.05. The van der Waals surface area contributed by atoms with E-state index in [-0.39, 0.29) is 19.0 Å². The first-order valence-corrected chi connectivity index (χ1v) is 7.54. The van der Waals surface area contributed by atoms with Crippen LogP contribution in [0.2, 0.25) is 0 Å². The van der Waals surface area contributed by atoms with Gasteiger partial charge < -0.3 is 9.14 Å². The van der Waals surface area contributed by atoms with Crippen LogP contribution in [-0.2, 0) is 11.3 Å². The molecule has 3 aromatic rings. The smallest absolute Gasteiger partial charge is 0.340 e. The van der Waals surface area contributed by atoms with Gasteiger partial charge in [0.25, 0.3) is 0 Å². The summed E-state index contributed by atoms with van der Waals surface area (Å²) in [5.41, 5.74) is 10.5. The van der Waals surface area contributed by atoms with E-state index in [0.717, 1.165) is 16.6 Å². The molecular weight excluding hydrogens is 309 g/mol. The van der Waals surface area contributed by atoms with Gasteiger partial charge in [0.1, 0.15) is 5.82 Å². The fourth-order valence-corrected chi connectivity index (χ4v) is 2.69. The molecule has 2 heterocycles. The molecule has 0 saturated carbocycles. The summed E-state index contributed by atoms with van der Waals surface area (Å²) in [6.45, 7) is 2.30. The van der Waals surface area contributed by atoms with Crippen molar-refractivity contribution in [2.24, 2.45) is 5.11 Å². The maximum Gasteiger partial charge on any atom is 0.340 e. The minimum atomic E-state index is -0.424. The number of esters is 1. The number of hydrogen-bond acceptors (Lipinski definition) is 4. The number of pyridine rings is 1. The zero-order valence-electron chi connectivity index (χ0n) is 13.1. The highest BCUT2D eigenvalue weighted by Gasteiger charge is 2.19. The highest BCUT2D eigenvalue weighted by atomic mass is 19.1. The molecule has 0 bridgehead atoms. The molecule has 5 nitrogen and oxygen atoms in total. The fourth-order valence-electron chi connectivity index (χ4n) is 2.69. The average Bonchev–Trinajstić information content (AvgIpc) is 2.95. The van der Waals surface area contributed by atoms with Crippen molar-refractivity contribution in [3.05, 3.63) is 65.7 Å². The topological polar surface area (TPSA) is 66.9 Å². The summed E-state index contributed by atoms with van der Waals surface area (Å²) in [5, 5.41) is 3.38. The van der Waals surface area contributed by atoms with Gasteiger partial charge in [-0.2, -0.15) is 5.11 Å². The third-order valence-corrected chi connectivity index (χ3v) is 3.72. The Labute approximate surface area is 138 Å². The fraction of sp³-hybridized carbons (Fsp3) is 0.167. The van der Waals surface area contributed by atoms with Gasteiger partial charge in [-0.25, -0.2) is 14.7 Å². The van der Waals surface area contributed by atoms with E-state index in [1.165, 1.54) is 12.1 Å². The van der Waals surface area contributed by atoms with Crippen LogP contribution in [0.15, 0.2) is 53.9 Å². The maximum absolute atomic E-state index is 13.2. The van der Waals surface area contributed by atoms with Crippen molar-refractivity contribution in [1.82, 2.24) is 4.40 Å². The molecule has 0 unspecified atom stereocenters. The highest BCUT2D eigenvalue weighted by molar-refractivity contribution is 6.02. The van der Waals surface area contributed by atoms with E-state index in [1.54, 1.807) is 25.3 Å². The first kappa shape index (κ1) is 15.9. The van der Waals surface area contributed by atoms with E-state index < -0.39 is 5.97 Å². The number of nitrogens with zero attached hydrogens (tertiary/aromatic N) is 2. The monoisotopic (exact) mass is 325 g/mol. The zero-order valence-corrected chi connectivity index (χ0v) is 13.1. The van der Waals surface area contributed by atoms with Gasteiger partial charge in [0.2, 0.25) is 0 Å². The molecule has 6 heteroatoms. The number of nitrogens with one attached hydrogen (secondary N) is 1. The molecule has 1 aromatic carbocycles. The minimum absolute atomic E-state index is 0.273. The molecular formula is C18H16FN3O2. The highest BCUT2D eigenvalue weighted by Crippen LogP contribution is 2.31. The Morgan fingerprint density at radius 2 is 1.96 bits per heavy atom. The van der Waals surface area contributed by atoms with Crippen LogP contribution >= 0.6 is 0 Å². The summed E-state index contributed by atoms with van der Waals surface area (Å²) in [4.78, 5) is 12.3. The molecule has 0 aliphatic heterocycles. The third-order valence-electron chi connectivity index (χ3n) is 3.72. The second-order valence-electron chi connectivity index (χ2n) is 5.29. The Kier molecular flexibility index (Phi) is 4.37. The van der Waals surface area contributed by atoms with Crippen LogP contribution in [0, 0.1) is 11.3 Å². The lowest BCUT2D eigenvalue weighted by Crippen LogP contribution is -2.04. The lowest BCUT2D eigenvalue weighted by atomic mass is 10.0. The Morgan fingerprint density at radius 1 is 1.21 bits per heavy atom. The first-order valence-electron chi connectivity index (χ1n) is 7.54. The van der Waals surface area contributed by atoms with Crippen LogP contribution in [0.4, 0.5) is 4.39 Å². The maximum atomic E-state index is 13.2. The van der Waals surface area contributed by atoms with E-state index in [0.29, 0.717) is 11.1 Å². The number of carbonyl (C=O) groups excluding carboxylic acids is 1. The summed E-state index contributed by atoms with van der Waals surface area (Å²) < 4.78 is 20.2. The van der Waals surface area contributed by atoms with Crippen LogP contribution < -0.4 is 0 Å². The van der Waals surface area contributed by atoms with Crippen LogP contribution in [0.3, 0.4) is 0 Å². The molecule has 0 amide bonds. The molecule has 0 spiro atoms. The number of halogens is 1. The molecule has 0 aliphatic carbocycles. The summed E-state index contributed by atoms with van der Waals surface area (Å²) >= 11 is 0. The number of aromatic nitrogens is 1. The SMILES string of the molecule is CCOC(=O)c1cn2cc(CN=N)ccc2c1-c1ccc(F)cc1. The van der Waals surface area contributed by atoms with Gasteiger partial charge in [0.05, 0.1) is 24.2 Å². The molecule has 24 heavy (non-hydrogen) atoms. The predicted molar refractivity (Wildman–Crippen MR) is 87.6 cm³/mol. The molecule has 2 aromatic heterocycles. The number of ether oxygens (including phenoxy) is 1. The largest absolute Gasteiger partial charge is 0.462 e. The van der Waals surface area contributed by atoms with Gasteiger partial charge in [-0.15, -0.1) is 0 Å². The molecule has 3 rings (SSSR count). The number of benzene rings is 1. The summed E-state index contributed by atoms with van der Waals surface area (Å²) in [6, 6.07) is 9.72. The van der Waals surface area contributed by atoms with Crippen LogP contribution in [0.1, 0.15) is 22.8 Å². The van der Waals surface area contributed by atoms with E-state index in [4.69, 9.17) is 10.3 Å². The first-order chi connectivity index (χ1) is 11.6. The lowest BCUT2D eigenvalue weighted by molar-refractivity contribution is 0.0527. The Bertz CT molecular complexity index is 901. The van der Waals surface area contributed by atoms with Crippen molar-refractivity contribution >= 4 is 11.5 Å². The second-order valence-corrected chi connectivity index (χ2v) is 5.29. The second kappa shape index (κ2) is 6.62. The number of fused-ring (bicyclic) bond motifs is 1. The van der Waals surface area contributed by atoms with Crippen molar-refractivity contribution in [3.8, 4) is 11.1 Å². The van der Waals surface area contributed by atoms with E-state index >= 15 is 0 Å². The minimum Gasteiger partial charge on any atom is -0.462 e. The molecule has 0 fully saturated rings. The number of rotatable bonds is 5. The van der Waals surface area contributed by atoms with Crippen molar-refractivity contribution in [2.75, 3.05) is 6.61 Å². The molecule has 0 radical (unpaired) electrons. The van der Waals surface area contributed by atoms with E-state index in [1.807, 2.05) is 22.7 Å². The van der Waals surface area contributed by atoms with E-state index in [2.05, 4.69) is 5.11 Å². The number of carbonyl (C=O) groups is 1. The summed E-state index contributed by atoms with van der Waals surface area (Å²) in [5.74, 6) is -0.758. The zero-order chi connectivity index (χ0) is 17.1. The van der Waals surface area contributed by atoms with Gasteiger partial charge in [-0.05, 0) is 36.2 Å². The van der Waals surface area contributed by atoms with Gasteiger partial charge in [0, 0.05) is 18.0 Å². The van der Waals surface area contributed by atoms with Gasteiger partial charge >= 0.3 is 5.97 Å². The predicted octanol–water partition coefficient (Wildman–Crippen LogP) is 4.45. The van der Waals surface area contributed by atoms with E-state index in [9.17, 15) is 9.18 Å². The molecule has 1 N–H and O–H groups in total. The third kappa shape index (κ3) is 2.90. The quantitative estimate of drug-likeness (QED) is 0.556. The Morgan fingerprint density at radius 3 is 2.62 bits per heavy atom. The van der Waals surface area contributed by atoms with Gasteiger partial charge in [-0.1, -0.05) is 18.2 Å². The molecule has 122 valence electrons. The standard InChI is InChI=1S/C18H16FN3O2/c1-2-24-18(23)15-11-22-10-12(9-21-20)3-8-16(22)17(15)13-4-6-14(19)7-5-13/h3-8,10-11,20H,2,9H2,1H3. The van der Waals surface area contributed by atoms with Crippen LogP contribution in [0.5, 0.6) is 0 Å². The van der Waals surface area contributed by atoms with Crippen molar-refractivity contribution in [3.63, 3.8) is 0 Å². The van der Waals surface area contributed by atoms with Crippen LogP contribution in [-0.4, -0.2) is 17.0 Å². The van der Waals surface area contributed by atoms with Crippen LogP contribution in [0.25, 0.3) is 16.6 Å².